The normalized spacial score (nSPS) is 10.7. The molecule has 0 radical (unpaired) electrons. The number of nitriles is 1. The molecule has 0 aliphatic heterocycles. The maximum absolute atomic E-state index is 12.7. The van der Waals surface area contributed by atoms with Crippen LogP contribution < -0.4 is 9.47 Å². The van der Waals surface area contributed by atoms with E-state index in [2.05, 4.69) is 29.9 Å². The van der Waals surface area contributed by atoms with Crippen LogP contribution in [-0.4, -0.2) is 22.5 Å². The number of hydrogen-bond acceptors (Lipinski definition) is 6. The van der Waals surface area contributed by atoms with Gasteiger partial charge >= 0.3 is 5.97 Å². The molecule has 0 aliphatic carbocycles. The van der Waals surface area contributed by atoms with Crippen molar-refractivity contribution in [3.8, 4) is 29.0 Å². The molecule has 6 nitrogen and oxygen atoms in total. The van der Waals surface area contributed by atoms with Crippen molar-refractivity contribution >= 4 is 5.97 Å². The second-order valence-corrected chi connectivity index (χ2v) is 9.58. The third kappa shape index (κ3) is 9.30. The minimum absolute atomic E-state index is 0.302. The SMILES string of the molecule is CCCCCCCCCOc1ccc(C(=O)Oc2ccc(-c3ncc(CCCCC)cn3)cc2)cc1C#N. The summed E-state index contributed by atoms with van der Waals surface area (Å²) >= 11 is 0. The number of aryl methyl sites for hydroxylation is 1. The van der Waals surface area contributed by atoms with Crippen molar-refractivity contribution in [2.24, 2.45) is 0 Å². The van der Waals surface area contributed by atoms with Crippen LogP contribution in [0.2, 0.25) is 0 Å². The number of hydrogen-bond donors (Lipinski definition) is 0. The molecule has 0 aliphatic rings. The first kappa shape index (κ1) is 28.8. The Hall–Kier alpha value is -3.72. The maximum Gasteiger partial charge on any atom is 0.343 e. The number of nitrogens with zero attached hydrogens (tertiary/aromatic N) is 3. The molecule has 1 aromatic heterocycles. The van der Waals surface area contributed by atoms with Gasteiger partial charge in [-0.25, -0.2) is 14.8 Å². The molecule has 0 saturated heterocycles. The van der Waals surface area contributed by atoms with E-state index >= 15 is 0 Å². The van der Waals surface area contributed by atoms with Gasteiger partial charge in [-0.3, -0.25) is 0 Å². The molecule has 2 aromatic carbocycles. The molecule has 0 bridgehead atoms. The fourth-order valence-electron chi connectivity index (χ4n) is 4.16. The van der Waals surface area contributed by atoms with Gasteiger partial charge in [0.2, 0.25) is 0 Å². The Bertz CT molecular complexity index is 1170. The highest BCUT2D eigenvalue weighted by atomic mass is 16.5. The van der Waals surface area contributed by atoms with Crippen LogP contribution in [0.25, 0.3) is 11.4 Å². The van der Waals surface area contributed by atoms with Crippen LogP contribution in [0.4, 0.5) is 0 Å². The fraction of sp³-hybridized carbons (Fsp3) is 0.438. The van der Waals surface area contributed by atoms with Gasteiger partial charge in [0.1, 0.15) is 17.6 Å². The molecule has 0 atom stereocenters. The summed E-state index contributed by atoms with van der Waals surface area (Å²) in [6, 6.07) is 14.0. The van der Waals surface area contributed by atoms with E-state index in [-0.39, 0.29) is 0 Å². The van der Waals surface area contributed by atoms with Gasteiger partial charge in [-0.05, 0) is 67.3 Å². The maximum atomic E-state index is 12.7. The van der Waals surface area contributed by atoms with E-state index in [1.54, 1.807) is 24.3 Å². The van der Waals surface area contributed by atoms with E-state index in [1.807, 2.05) is 24.5 Å². The van der Waals surface area contributed by atoms with E-state index in [0.717, 1.165) is 36.8 Å². The Morgan fingerprint density at radius 1 is 0.842 bits per heavy atom. The standard InChI is InChI=1S/C32H39N3O3/c1-3-5-7-8-9-10-12-20-37-30-19-16-27(21-28(30)22-33)32(36)38-29-17-14-26(15-18-29)31-34-23-25(24-35-31)13-11-6-4-2/h14-19,21,23-24H,3-13,20H2,1-2H3. The highest BCUT2D eigenvalue weighted by molar-refractivity contribution is 5.91. The van der Waals surface area contributed by atoms with Crippen molar-refractivity contribution in [2.45, 2.75) is 84.5 Å². The van der Waals surface area contributed by atoms with Gasteiger partial charge in [0.15, 0.2) is 5.82 Å². The molecular weight excluding hydrogens is 474 g/mol. The summed E-state index contributed by atoms with van der Waals surface area (Å²) in [5.74, 6) is 1.01. The first-order valence-electron chi connectivity index (χ1n) is 13.9. The molecule has 0 spiro atoms. The molecule has 0 N–H and O–H groups in total. The van der Waals surface area contributed by atoms with Gasteiger partial charge in [-0.15, -0.1) is 0 Å². The van der Waals surface area contributed by atoms with Gasteiger partial charge in [0.05, 0.1) is 17.7 Å². The molecule has 0 saturated carbocycles. The molecule has 3 rings (SSSR count). The molecule has 0 unspecified atom stereocenters. The van der Waals surface area contributed by atoms with E-state index < -0.39 is 5.97 Å². The van der Waals surface area contributed by atoms with Gasteiger partial charge in [0.25, 0.3) is 0 Å². The Kier molecular flexibility index (Phi) is 12.3. The second kappa shape index (κ2) is 16.2. The van der Waals surface area contributed by atoms with Gasteiger partial charge in [-0.2, -0.15) is 5.26 Å². The average Bonchev–Trinajstić information content (AvgIpc) is 2.95. The molecule has 0 amide bonds. The zero-order valence-corrected chi connectivity index (χ0v) is 22.7. The van der Waals surface area contributed by atoms with Gasteiger partial charge in [-0.1, -0.05) is 65.2 Å². The van der Waals surface area contributed by atoms with Gasteiger partial charge < -0.3 is 9.47 Å². The lowest BCUT2D eigenvalue weighted by molar-refractivity contribution is 0.0734. The highest BCUT2D eigenvalue weighted by Gasteiger charge is 2.13. The summed E-state index contributed by atoms with van der Waals surface area (Å²) in [6.45, 7) is 4.96. The van der Waals surface area contributed by atoms with E-state index in [4.69, 9.17) is 9.47 Å². The first-order valence-corrected chi connectivity index (χ1v) is 13.9. The summed E-state index contributed by atoms with van der Waals surface area (Å²) in [7, 11) is 0. The summed E-state index contributed by atoms with van der Waals surface area (Å²) < 4.78 is 11.3. The zero-order chi connectivity index (χ0) is 27.0. The third-order valence-electron chi connectivity index (χ3n) is 6.44. The largest absolute Gasteiger partial charge is 0.492 e. The minimum atomic E-state index is -0.527. The average molecular weight is 514 g/mol. The first-order chi connectivity index (χ1) is 18.6. The van der Waals surface area contributed by atoms with Crippen molar-refractivity contribution in [3.63, 3.8) is 0 Å². The van der Waals surface area contributed by atoms with Crippen LogP contribution in [0.15, 0.2) is 54.9 Å². The summed E-state index contributed by atoms with van der Waals surface area (Å²) in [4.78, 5) is 21.7. The summed E-state index contributed by atoms with van der Waals surface area (Å²) in [5, 5.41) is 9.55. The molecule has 1 heterocycles. The number of carbonyl (C=O) groups excluding carboxylic acids is 1. The predicted octanol–water partition coefficient (Wildman–Crippen LogP) is 8.10. The van der Waals surface area contributed by atoms with Crippen molar-refractivity contribution in [2.75, 3.05) is 6.61 Å². The predicted molar refractivity (Wildman–Crippen MR) is 150 cm³/mol. The molecule has 38 heavy (non-hydrogen) atoms. The Morgan fingerprint density at radius 3 is 2.18 bits per heavy atom. The zero-order valence-electron chi connectivity index (χ0n) is 22.7. The smallest absolute Gasteiger partial charge is 0.343 e. The van der Waals surface area contributed by atoms with Crippen LogP contribution in [0.1, 0.15) is 99.5 Å². The lowest BCUT2D eigenvalue weighted by atomic mass is 10.1. The van der Waals surface area contributed by atoms with Crippen LogP contribution in [-0.2, 0) is 6.42 Å². The Balaban J connectivity index is 1.51. The summed E-state index contributed by atoms with van der Waals surface area (Å²) in [5.41, 5.74) is 2.61. The number of ether oxygens (including phenoxy) is 2. The number of benzene rings is 2. The third-order valence-corrected chi connectivity index (χ3v) is 6.44. The van der Waals surface area contributed by atoms with Crippen LogP contribution in [0.5, 0.6) is 11.5 Å². The number of unbranched alkanes of at least 4 members (excludes halogenated alkanes) is 8. The van der Waals surface area contributed by atoms with Crippen LogP contribution >= 0.6 is 0 Å². The summed E-state index contributed by atoms with van der Waals surface area (Å²) in [6.07, 6.45) is 16.6. The Morgan fingerprint density at radius 2 is 1.50 bits per heavy atom. The molecular formula is C32H39N3O3. The minimum Gasteiger partial charge on any atom is -0.492 e. The number of aromatic nitrogens is 2. The van der Waals surface area contributed by atoms with Crippen molar-refractivity contribution in [3.05, 3.63) is 71.5 Å². The number of carbonyl (C=O) groups is 1. The van der Waals surface area contributed by atoms with Crippen LogP contribution in [0, 0.1) is 11.3 Å². The Labute approximate surface area is 227 Å². The second-order valence-electron chi connectivity index (χ2n) is 9.58. The lowest BCUT2D eigenvalue weighted by Gasteiger charge is -2.10. The number of rotatable bonds is 16. The van der Waals surface area contributed by atoms with Crippen molar-refractivity contribution < 1.29 is 14.3 Å². The molecule has 200 valence electrons. The van der Waals surface area contributed by atoms with Crippen LogP contribution in [0.3, 0.4) is 0 Å². The van der Waals surface area contributed by atoms with Crippen molar-refractivity contribution in [1.29, 1.82) is 5.26 Å². The molecule has 3 aromatic rings. The van der Waals surface area contributed by atoms with Crippen molar-refractivity contribution in [1.82, 2.24) is 9.97 Å². The van der Waals surface area contributed by atoms with E-state index in [1.165, 1.54) is 51.0 Å². The molecule has 6 heteroatoms. The topological polar surface area (TPSA) is 85.1 Å². The highest BCUT2D eigenvalue weighted by Crippen LogP contribution is 2.23. The number of esters is 1. The van der Waals surface area contributed by atoms with E-state index in [9.17, 15) is 10.1 Å². The lowest BCUT2D eigenvalue weighted by Crippen LogP contribution is -2.09. The van der Waals surface area contributed by atoms with Gasteiger partial charge in [0, 0.05) is 18.0 Å². The molecule has 0 fully saturated rings. The monoisotopic (exact) mass is 513 g/mol. The van der Waals surface area contributed by atoms with E-state index in [0.29, 0.717) is 35.1 Å². The fourth-order valence-corrected chi connectivity index (χ4v) is 4.16. The quantitative estimate of drug-likeness (QED) is 0.109.